The van der Waals surface area contributed by atoms with E-state index >= 15 is 0 Å². The van der Waals surface area contributed by atoms with E-state index in [1.807, 2.05) is 35.8 Å². The van der Waals surface area contributed by atoms with Crippen molar-refractivity contribution in [3.05, 3.63) is 62.5 Å². The summed E-state index contributed by atoms with van der Waals surface area (Å²) in [7, 11) is 0. The Morgan fingerprint density at radius 3 is 2.64 bits per heavy atom. The number of aromatic nitrogens is 3. The van der Waals surface area contributed by atoms with Crippen molar-refractivity contribution in [1.29, 1.82) is 0 Å². The number of carbonyl (C=O) groups excluding carboxylic acids is 2. The van der Waals surface area contributed by atoms with Crippen LogP contribution in [0, 0.1) is 20.8 Å². The Kier molecular flexibility index (Phi) is 8.63. The summed E-state index contributed by atoms with van der Waals surface area (Å²) in [5.74, 6) is 1.22. The van der Waals surface area contributed by atoms with Crippen LogP contribution in [0.15, 0.2) is 29.3 Å². The first-order valence-electron chi connectivity index (χ1n) is 11.6. The maximum absolute atomic E-state index is 12.9. The number of hydrogen-bond acceptors (Lipinski definition) is 8. The Morgan fingerprint density at radius 1 is 1.14 bits per heavy atom. The summed E-state index contributed by atoms with van der Waals surface area (Å²) >= 11 is 7.82. The molecule has 2 aromatic heterocycles. The zero-order valence-corrected chi connectivity index (χ0v) is 22.0. The molecule has 1 aromatic carbocycles. The number of benzene rings is 1. The van der Waals surface area contributed by atoms with Gasteiger partial charge in [0, 0.05) is 27.6 Å². The number of aldehydes is 1. The van der Waals surface area contributed by atoms with E-state index in [0.717, 1.165) is 33.2 Å². The van der Waals surface area contributed by atoms with Crippen LogP contribution in [0.25, 0.3) is 5.00 Å². The maximum Gasteiger partial charge on any atom is 0.222 e. The molecule has 0 fully saturated rings. The van der Waals surface area contributed by atoms with Gasteiger partial charge in [0.15, 0.2) is 5.82 Å². The van der Waals surface area contributed by atoms with Crippen molar-refractivity contribution in [2.45, 2.75) is 33.2 Å². The predicted octanol–water partition coefficient (Wildman–Crippen LogP) is 3.54. The Hall–Kier alpha value is -2.92. The van der Waals surface area contributed by atoms with Crippen LogP contribution in [0.5, 0.6) is 0 Å². The zero-order chi connectivity index (χ0) is 25.7. The lowest BCUT2D eigenvalue weighted by Crippen LogP contribution is -2.29. The van der Waals surface area contributed by atoms with Crippen LogP contribution in [-0.2, 0) is 19.1 Å². The Bertz CT molecular complexity index is 1270. The first-order valence-corrected chi connectivity index (χ1v) is 12.8. The average Bonchev–Trinajstić information content (AvgIpc) is 3.33. The fourth-order valence-corrected chi connectivity index (χ4v) is 5.33. The van der Waals surface area contributed by atoms with Gasteiger partial charge in [-0.1, -0.05) is 23.7 Å². The number of ether oxygens (including phenoxy) is 2. The molecule has 1 aliphatic heterocycles. The van der Waals surface area contributed by atoms with E-state index in [1.54, 1.807) is 11.3 Å². The molecular formula is C25H28ClN5O4S. The van der Waals surface area contributed by atoms with E-state index in [2.05, 4.69) is 29.4 Å². The van der Waals surface area contributed by atoms with Crippen LogP contribution >= 0.6 is 22.9 Å². The summed E-state index contributed by atoms with van der Waals surface area (Å²) in [6.07, 6.45) is 0.809. The molecule has 36 heavy (non-hydrogen) atoms. The minimum atomic E-state index is -0.520. The van der Waals surface area contributed by atoms with Gasteiger partial charge in [-0.3, -0.25) is 14.4 Å². The van der Waals surface area contributed by atoms with Crippen LogP contribution < -0.4 is 5.32 Å². The van der Waals surface area contributed by atoms with E-state index in [-0.39, 0.29) is 18.9 Å². The molecule has 0 bridgehead atoms. The van der Waals surface area contributed by atoms with Crippen molar-refractivity contribution in [3.63, 3.8) is 0 Å². The van der Waals surface area contributed by atoms with Crippen LogP contribution in [0.1, 0.15) is 45.7 Å². The fourth-order valence-electron chi connectivity index (χ4n) is 3.99. The summed E-state index contributed by atoms with van der Waals surface area (Å²) in [6, 6.07) is 7.06. The quantitative estimate of drug-likeness (QED) is 0.301. The fraction of sp³-hybridized carbons (Fsp3) is 0.400. The number of hydrogen-bond donors (Lipinski definition) is 1. The van der Waals surface area contributed by atoms with Crippen molar-refractivity contribution >= 4 is 40.8 Å². The second-order valence-corrected chi connectivity index (χ2v) is 9.95. The summed E-state index contributed by atoms with van der Waals surface area (Å²) in [5, 5.41) is 13.3. The third-order valence-electron chi connectivity index (χ3n) is 5.86. The van der Waals surface area contributed by atoms with Gasteiger partial charge in [-0.25, -0.2) is 0 Å². The molecule has 1 amide bonds. The zero-order valence-electron chi connectivity index (χ0n) is 20.4. The number of aryl methyl sites for hydroxylation is 2. The second-order valence-electron chi connectivity index (χ2n) is 8.31. The normalized spacial score (nSPS) is 14.6. The van der Waals surface area contributed by atoms with Gasteiger partial charge in [0.1, 0.15) is 29.8 Å². The minimum Gasteiger partial charge on any atom is -0.377 e. The highest BCUT2D eigenvalue weighted by atomic mass is 35.5. The summed E-state index contributed by atoms with van der Waals surface area (Å²) in [5.41, 5.74) is 3.90. The SMILES string of the molecule is Cc1sc2c(c1C)C(c1ccc(Cl)cc1)=N[C@@H](CC(=O)NCCOCCOCC=O)c1nnc(C)n1-2. The Morgan fingerprint density at radius 2 is 1.89 bits per heavy atom. The predicted molar refractivity (Wildman–Crippen MR) is 139 cm³/mol. The third kappa shape index (κ3) is 5.73. The third-order valence-corrected chi connectivity index (χ3v) is 7.31. The van der Waals surface area contributed by atoms with Gasteiger partial charge in [-0.05, 0) is 38.5 Å². The Balaban J connectivity index is 1.57. The van der Waals surface area contributed by atoms with Crippen LogP contribution in [-0.4, -0.2) is 65.6 Å². The summed E-state index contributed by atoms with van der Waals surface area (Å²) in [6.45, 7) is 7.51. The van der Waals surface area contributed by atoms with Gasteiger partial charge in [0.2, 0.25) is 5.91 Å². The van der Waals surface area contributed by atoms with Crippen molar-refractivity contribution in [2.75, 3.05) is 33.0 Å². The number of amides is 1. The van der Waals surface area contributed by atoms with Gasteiger partial charge < -0.3 is 19.6 Å². The summed E-state index contributed by atoms with van der Waals surface area (Å²) < 4.78 is 12.5. The highest BCUT2D eigenvalue weighted by Crippen LogP contribution is 2.39. The number of thiophene rings is 1. The molecule has 0 unspecified atom stereocenters. The molecule has 1 aliphatic rings. The number of aliphatic imine (C=N–C) groups is 1. The molecule has 1 N–H and O–H groups in total. The number of fused-ring (bicyclic) bond motifs is 3. The van der Waals surface area contributed by atoms with Gasteiger partial charge >= 0.3 is 0 Å². The molecule has 4 rings (SSSR count). The number of carbonyl (C=O) groups is 2. The lowest BCUT2D eigenvalue weighted by molar-refractivity contribution is -0.121. The largest absolute Gasteiger partial charge is 0.377 e. The first kappa shape index (κ1) is 26.2. The highest BCUT2D eigenvalue weighted by molar-refractivity contribution is 7.15. The number of rotatable bonds is 11. The van der Waals surface area contributed by atoms with Crippen molar-refractivity contribution in [2.24, 2.45) is 4.99 Å². The van der Waals surface area contributed by atoms with E-state index in [1.165, 1.54) is 4.88 Å². The highest BCUT2D eigenvalue weighted by Gasteiger charge is 2.32. The molecule has 0 saturated carbocycles. The van der Waals surface area contributed by atoms with Gasteiger partial charge in [-0.2, -0.15) is 0 Å². The number of nitrogens with zero attached hydrogens (tertiary/aromatic N) is 4. The van der Waals surface area contributed by atoms with Crippen molar-refractivity contribution in [3.8, 4) is 5.00 Å². The molecule has 0 radical (unpaired) electrons. The van der Waals surface area contributed by atoms with E-state index in [0.29, 0.717) is 43.5 Å². The lowest BCUT2D eigenvalue weighted by atomic mass is 9.99. The smallest absolute Gasteiger partial charge is 0.222 e. The monoisotopic (exact) mass is 529 g/mol. The van der Waals surface area contributed by atoms with Crippen LogP contribution in [0.3, 0.4) is 0 Å². The molecule has 11 heteroatoms. The van der Waals surface area contributed by atoms with Gasteiger partial charge in [-0.15, -0.1) is 21.5 Å². The van der Waals surface area contributed by atoms with E-state index < -0.39 is 6.04 Å². The summed E-state index contributed by atoms with van der Waals surface area (Å²) in [4.78, 5) is 29.4. The van der Waals surface area contributed by atoms with Crippen LogP contribution in [0.4, 0.5) is 0 Å². The second kappa shape index (κ2) is 11.9. The number of halogens is 1. The maximum atomic E-state index is 12.9. The number of nitrogens with one attached hydrogen (secondary N) is 1. The van der Waals surface area contributed by atoms with Gasteiger partial charge in [0.25, 0.3) is 0 Å². The molecule has 0 aliphatic carbocycles. The molecule has 0 saturated heterocycles. The van der Waals surface area contributed by atoms with Crippen LogP contribution in [0.2, 0.25) is 5.02 Å². The van der Waals surface area contributed by atoms with Crippen molar-refractivity contribution < 1.29 is 19.1 Å². The van der Waals surface area contributed by atoms with E-state index in [4.69, 9.17) is 26.1 Å². The molecule has 9 nitrogen and oxygen atoms in total. The topological polar surface area (TPSA) is 108 Å². The average molecular weight is 530 g/mol. The molecular weight excluding hydrogens is 502 g/mol. The molecule has 190 valence electrons. The van der Waals surface area contributed by atoms with Gasteiger partial charge in [0.05, 0.1) is 32.0 Å². The molecule has 3 aromatic rings. The van der Waals surface area contributed by atoms with Crippen molar-refractivity contribution in [1.82, 2.24) is 20.1 Å². The minimum absolute atomic E-state index is 0.0514. The first-order chi connectivity index (χ1) is 17.4. The lowest BCUT2D eigenvalue weighted by Gasteiger charge is -2.13. The van der Waals surface area contributed by atoms with E-state index in [9.17, 15) is 9.59 Å². The standard InChI is InChI=1S/C25H28ClN5O4S/c1-15-16(2)36-25-22(15)23(18-4-6-19(26)7-5-18)28-20(24-30-29-17(3)31(24)25)14-21(33)27-8-10-34-12-13-35-11-9-32/h4-7,9,20H,8,10-14H2,1-3H3,(H,27,33)/t20-/m0/s1. The Labute approximate surface area is 218 Å². The molecule has 1 atom stereocenters. The molecule has 0 spiro atoms. The molecule has 3 heterocycles.